The molecule has 1 aromatic rings. The lowest BCUT2D eigenvalue weighted by molar-refractivity contribution is -0.151. The summed E-state index contributed by atoms with van der Waals surface area (Å²) in [7, 11) is 1.59. The van der Waals surface area contributed by atoms with E-state index in [-0.39, 0.29) is 23.3 Å². The van der Waals surface area contributed by atoms with Crippen molar-refractivity contribution in [2.45, 2.75) is 52.6 Å². The maximum Gasteiger partial charge on any atom is 0.316 e. The third-order valence-electron chi connectivity index (χ3n) is 5.33. The summed E-state index contributed by atoms with van der Waals surface area (Å²) in [5.41, 5.74) is 2.74. The molecule has 1 aliphatic heterocycles. The third kappa shape index (κ3) is 3.71. The van der Waals surface area contributed by atoms with Crippen molar-refractivity contribution in [1.29, 1.82) is 0 Å². The van der Waals surface area contributed by atoms with Gasteiger partial charge >= 0.3 is 5.97 Å². The first kappa shape index (κ1) is 20.2. The van der Waals surface area contributed by atoms with Crippen LogP contribution in [0.5, 0.6) is 5.75 Å². The molecule has 0 saturated carbocycles. The second-order valence-electron chi connectivity index (χ2n) is 8.67. The summed E-state index contributed by atoms with van der Waals surface area (Å²) in [4.78, 5) is 26.2. The Morgan fingerprint density at radius 1 is 1.25 bits per heavy atom. The van der Waals surface area contributed by atoms with E-state index < -0.39 is 11.8 Å². The van der Waals surface area contributed by atoms with Crippen LogP contribution in [0.2, 0.25) is 0 Å². The molecule has 5 nitrogen and oxygen atoms in total. The summed E-state index contributed by atoms with van der Waals surface area (Å²) in [6, 6.07) is 7.53. The van der Waals surface area contributed by atoms with Gasteiger partial charge in [0.25, 0.3) is 0 Å². The van der Waals surface area contributed by atoms with Gasteiger partial charge in [-0.25, -0.2) is 0 Å². The van der Waals surface area contributed by atoms with E-state index in [2.05, 4.69) is 25.7 Å². The van der Waals surface area contributed by atoms with E-state index in [1.165, 1.54) is 0 Å². The lowest BCUT2D eigenvalue weighted by atomic mass is 9.66. The van der Waals surface area contributed by atoms with Crippen molar-refractivity contribution in [2.75, 3.05) is 7.11 Å². The summed E-state index contributed by atoms with van der Waals surface area (Å²) in [5.74, 6) is -0.844. The first-order valence-electron chi connectivity index (χ1n) is 9.70. The summed E-state index contributed by atoms with van der Waals surface area (Å²) in [6.45, 7) is 11.9. The van der Waals surface area contributed by atoms with Crippen molar-refractivity contribution in [2.24, 2.45) is 11.3 Å². The van der Waals surface area contributed by atoms with Crippen molar-refractivity contribution >= 4 is 11.8 Å². The number of methoxy groups -OCH3 is 1. The average Bonchev–Trinajstić information content (AvgIpc) is 2.58. The topological polar surface area (TPSA) is 64.6 Å². The predicted molar refractivity (Wildman–Crippen MR) is 108 cm³/mol. The van der Waals surface area contributed by atoms with Crippen LogP contribution in [-0.2, 0) is 14.3 Å². The highest BCUT2D eigenvalue weighted by molar-refractivity contribution is 6.01. The Labute approximate surface area is 166 Å². The van der Waals surface area contributed by atoms with Gasteiger partial charge in [-0.2, -0.15) is 0 Å². The summed E-state index contributed by atoms with van der Waals surface area (Å²) >= 11 is 0. The summed E-state index contributed by atoms with van der Waals surface area (Å²) in [6.07, 6.45) is 0.914. The van der Waals surface area contributed by atoms with Gasteiger partial charge in [0.1, 0.15) is 11.7 Å². The smallest absolute Gasteiger partial charge is 0.316 e. The second-order valence-corrected chi connectivity index (χ2v) is 8.67. The highest BCUT2D eigenvalue weighted by Crippen LogP contribution is 2.49. The van der Waals surface area contributed by atoms with Gasteiger partial charge in [-0.1, -0.05) is 38.6 Å². The van der Waals surface area contributed by atoms with Crippen LogP contribution in [0.15, 0.2) is 47.8 Å². The Morgan fingerprint density at radius 2 is 1.93 bits per heavy atom. The van der Waals surface area contributed by atoms with Crippen molar-refractivity contribution in [3.8, 4) is 5.75 Å². The fraction of sp³-hybridized carbons (Fsp3) is 0.478. The van der Waals surface area contributed by atoms with Gasteiger partial charge in [0.2, 0.25) is 0 Å². The predicted octanol–water partition coefficient (Wildman–Crippen LogP) is 4.11. The number of allylic oxidation sites excluding steroid dienone is 2. The number of Topliss-reactive ketones (excluding diaryl/α,β-unsaturated/α-hetero) is 1. The van der Waals surface area contributed by atoms with Crippen LogP contribution in [0.3, 0.4) is 0 Å². The standard InChI is InChI=1S/C23H29NO4/c1-13(2)28-22(26)19-14(3)24-16-11-23(4,5)12-17(25)21(16)20(19)15-9-7-8-10-18(15)27-6/h7-10,13,19-20,24H,3,11-12H2,1-2,4-6H3. The molecule has 0 bridgehead atoms. The molecule has 2 aliphatic rings. The lowest BCUT2D eigenvalue weighted by Crippen LogP contribution is -2.44. The van der Waals surface area contributed by atoms with Crippen LogP contribution in [0, 0.1) is 11.3 Å². The number of carbonyl (C=O) groups is 2. The second kappa shape index (κ2) is 7.46. The van der Waals surface area contributed by atoms with E-state index in [0.29, 0.717) is 23.4 Å². The van der Waals surface area contributed by atoms with E-state index in [4.69, 9.17) is 9.47 Å². The fourth-order valence-electron chi connectivity index (χ4n) is 4.29. The molecule has 1 N–H and O–H groups in total. The number of benzene rings is 1. The average molecular weight is 383 g/mol. The molecule has 150 valence electrons. The van der Waals surface area contributed by atoms with Crippen molar-refractivity contribution in [3.63, 3.8) is 0 Å². The maximum atomic E-state index is 13.2. The zero-order valence-corrected chi connectivity index (χ0v) is 17.3. The number of carbonyl (C=O) groups excluding carboxylic acids is 2. The molecule has 0 spiro atoms. The van der Waals surface area contributed by atoms with Crippen LogP contribution in [0.1, 0.15) is 52.0 Å². The van der Waals surface area contributed by atoms with Crippen LogP contribution >= 0.6 is 0 Å². The van der Waals surface area contributed by atoms with Gasteiger partial charge in [0.15, 0.2) is 5.78 Å². The van der Waals surface area contributed by atoms with E-state index in [1.54, 1.807) is 7.11 Å². The number of hydrogen-bond donors (Lipinski definition) is 1. The van der Waals surface area contributed by atoms with E-state index >= 15 is 0 Å². The largest absolute Gasteiger partial charge is 0.496 e. The number of rotatable bonds is 4. The number of ketones is 1. The molecule has 2 atom stereocenters. The normalized spacial score (nSPS) is 23.9. The van der Waals surface area contributed by atoms with Gasteiger partial charge in [0, 0.05) is 34.9 Å². The number of para-hydroxylation sites is 1. The van der Waals surface area contributed by atoms with Crippen LogP contribution in [0.25, 0.3) is 0 Å². The summed E-state index contributed by atoms with van der Waals surface area (Å²) in [5, 5.41) is 3.27. The number of hydrogen-bond acceptors (Lipinski definition) is 5. The molecule has 1 aromatic carbocycles. The third-order valence-corrected chi connectivity index (χ3v) is 5.33. The van der Waals surface area contributed by atoms with Crippen LogP contribution in [0.4, 0.5) is 0 Å². The maximum absolute atomic E-state index is 13.2. The highest BCUT2D eigenvalue weighted by Gasteiger charge is 2.47. The van der Waals surface area contributed by atoms with Crippen LogP contribution in [-0.4, -0.2) is 25.0 Å². The molecule has 5 heteroatoms. The molecule has 3 rings (SSSR count). The Hall–Kier alpha value is -2.56. The Balaban J connectivity index is 2.20. The first-order chi connectivity index (χ1) is 13.1. The van der Waals surface area contributed by atoms with Crippen molar-refractivity contribution in [1.82, 2.24) is 5.32 Å². The molecule has 1 heterocycles. The molecular weight excluding hydrogens is 354 g/mol. The first-order valence-corrected chi connectivity index (χ1v) is 9.70. The monoisotopic (exact) mass is 383 g/mol. The van der Waals surface area contributed by atoms with E-state index in [1.807, 2.05) is 38.1 Å². The van der Waals surface area contributed by atoms with Gasteiger partial charge in [-0.05, 0) is 31.7 Å². The minimum atomic E-state index is -0.692. The quantitative estimate of drug-likeness (QED) is 0.793. The Kier molecular flexibility index (Phi) is 5.37. The van der Waals surface area contributed by atoms with E-state index in [0.717, 1.165) is 17.7 Å². The molecular formula is C23H29NO4. The molecule has 0 amide bonds. The molecule has 0 fully saturated rings. The van der Waals surface area contributed by atoms with Gasteiger partial charge in [0.05, 0.1) is 13.2 Å². The molecule has 2 unspecified atom stereocenters. The van der Waals surface area contributed by atoms with Crippen molar-refractivity contribution in [3.05, 3.63) is 53.4 Å². The molecule has 0 saturated heterocycles. The molecule has 0 aromatic heterocycles. The number of esters is 1. The zero-order valence-electron chi connectivity index (χ0n) is 17.3. The number of ether oxygens (including phenoxy) is 2. The molecule has 1 aliphatic carbocycles. The molecule has 0 radical (unpaired) electrons. The van der Waals surface area contributed by atoms with Gasteiger partial charge < -0.3 is 14.8 Å². The Morgan fingerprint density at radius 3 is 2.57 bits per heavy atom. The minimum absolute atomic E-state index is 0.0597. The Bertz CT molecular complexity index is 850. The fourth-order valence-corrected chi connectivity index (χ4v) is 4.29. The molecule has 28 heavy (non-hydrogen) atoms. The van der Waals surface area contributed by atoms with Gasteiger partial charge in [-0.3, -0.25) is 9.59 Å². The minimum Gasteiger partial charge on any atom is -0.496 e. The van der Waals surface area contributed by atoms with Gasteiger partial charge in [-0.15, -0.1) is 0 Å². The van der Waals surface area contributed by atoms with Crippen molar-refractivity contribution < 1.29 is 19.1 Å². The highest BCUT2D eigenvalue weighted by atomic mass is 16.5. The SMILES string of the molecule is C=C1NC2=C(C(=O)CC(C)(C)C2)C(c2ccccc2OC)C1C(=O)OC(C)C. The lowest BCUT2D eigenvalue weighted by Gasteiger charge is -2.42. The van der Waals surface area contributed by atoms with Crippen LogP contribution < -0.4 is 10.1 Å². The zero-order chi connectivity index (χ0) is 20.6. The van der Waals surface area contributed by atoms with E-state index in [9.17, 15) is 9.59 Å². The summed E-state index contributed by atoms with van der Waals surface area (Å²) < 4.78 is 11.1. The number of nitrogens with one attached hydrogen (secondary N) is 1.